The number of para-hydroxylation sites is 1. The molecule has 128 valence electrons. The molecule has 0 atom stereocenters. The van der Waals surface area contributed by atoms with Crippen LogP contribution in [-0.4, -0.2) is 17.1 Å². The van der Waals surface area contributed by atoms with E-state index in [2.05, 4.69) is 16.4 Å². The molecule has 4 rings (SSSR count). The Bertz CT molecular complexity index is 1040. The van der Waals surface area contributed by atoms with E-state index in [0.717, 1.165) is 26.7 Å². The van der Waals surface area contributed by atoms with Crippen LogP contribution in [0.3, 0.4) is 0 Å². The molecule has 0 aliphatic carbocycles. The number of anilines is 1. The number of nitrogens with zero attached hydrogens (tertiary/aromatic N) is 1. The van der Waals surface area contributed by atoms with Gasteiger partial charge >= 0.3 is 0 Å². The fourth-order valence-electron chi connectivity index (χ4n) is 2.66. The van der Waals surface area contributed by atoms with Gasteiger partial charge in [-0.1, -0.05) is 18.2 Å². The molecular formula is C21H16N2OS2. The minimum atomic E-state index is -0.103. The van der Waals surface area contributed by atoms with Crippen LogP contribution in [-0.2, 0) is 0 Å². The second-order valence-electron chi connectivity index (χ2n) is 5.75. The first-order chi connectivity index (χ1) is 12.7. The van der Waals surface area contributed by atoms with E-state index >= 15 is 0 Å². The van der Waals surface area contributed by atoms with E-state index in [4.69, 9.17) is 0 Å². The van der Waals surface area contributed by atoms with Crippen molar-refractivity contribution in [2.75, 3.05) is 11.6 Å². The molecule has 0 radical (unpaired) electrons. The summed E-state index contributed by atoms with van der Waals surface area (Å²) in [6, 6.07) is 23.5. The van der Waals surface area contributed by atoms with Gasteiger partial charge in [0.1, 0.15) is 5.01 Å². The largest absolute Gasteiger partial charge is 0.322 e. The number of thiazole rings is 1. The molecule has 1 heterocycles. The number of carbonyl (C=O) groups excluding carboxylic acids is 1. The monoisotopic (exact) mass is 376 g/mol. The maximum absolute atomic E-state index is 12.4. The van der Waals surface area contributed by atoms with Crippen LogP contribution in [0, 0.1) is 0 Å². The van der Waals surface area contributed by atoms with E-state index in [-0.39, 0.29) is 5.91 Å². The number of carbonyl (C=O) groups is 1. The number of fused-ring (bicyclic) bond motifs is 1. The summed E-state index contributed by atoms with van der Waals surface area (Å²) in [5.74, 6) is -0.103. The summed E-state index contributed by atoms with van der Waals surface area (Å²) in [6.07, 6.45) is 2.00. The highest BCUT2D eigenvalue weighted by atomic mass is 32.2. The molecule has 1 aromatic heterocycles. The summed E-state index contributed by atoms with van der Waals surface area (Å²) in [4.78, 5) is 18.2. The quantitative estimate of drug-likeness (QED) is 0.448. The Balaban J connectivity index is 1.53. The third-order valence-corrected chi connectivity index (χ3v) is 5.83. The zero-order valence-corrected chi connectivity index (χ0v) is 15.7. The molecule has 3 nitrogen and oxygen atoms in total. The van der Waals surface area contributed by atoms with E-state index in [1.165, 1.54) is 4.70 Å². The highest BCUT2D eigenvalue weighted by molar-refractivity contribution is 7.98. The average Bonchev–Trinajstić information content (AvgIpc) is 3.13. The highest BCUT2D eigenvalue weighted by Crippen LogP contribution is 2.30. The van der Waals surface area contributed by atoms with Gasteiger partial charge in [-0.3, -0.25) is 4.79 Å². The molecule has 0 bridgehead atoms. The van der Waals surface area contributed by atoms with E-state index in [0.29, 0.717) is 5.56 Å². The number of hydrogen-bond donors (Lipinski definition) is 1. The number of hydrogen-bond acceptors (Lipinski definition) is 4. The Morgan fingerprint density at radius 3 is 2.58 bits per heavy atom. The van der Waals surface area contributed by atoms with Gasteiger partial charge in [0.05, 0.1) is 10.2 Å². The van der Waals surface area contributed by atoms with E-state index in [9.17, 15) is 4.79 Å². The van der Waals surface area contributed by atoms with Crippen molar-refractivity contribution in [1.29, 1.82) is 0 Å². The second kappa shape index (κ2) is 7.32. The maximum Gasteiger partial charge on any atom is 0.255 e. The van der Waals surface area contributed by atoms with Gasteiger partial charge in [0.15, 0.2) is 0 Å². The lowest BCUT2D eigenvalue weighted by Gasteiger charge is -2.07. The van der Waals surface area contributed by atoms with Crippen molar-refractivity contribution in [3.63, 3.8) is 0 Å². The van der Waals surface area contributed by atoms with Crippen LogP contribution in [0.2, 0.25) is 0 Å². The predicted molar refractivity (Wildman–Crippen MR) is 111 cm³/mol. The van der Waals surface area contributed by atoms with Gasteiger partial charge in [-0.2, -0.15) is 0 Å². The SMILES string of the molecule is CSc1cccc(C(=O)Nc2ccc(-c3nc4ccccc4s3)cc2)c1. The van der Waals surface area contributed by atoms with Crippen molar-refractivity contribution in [2.24, 2.45) is 0 Å². The van der Waals surface area contributed by atoms with Gasteiger partial charge in [-0.05, 0) is 60.9 Å². The number of amides is 1. The first-order valence-corrected chi connectivity index (χ1v) is 10.2. The molecule has 4 aromatic rings. The van der Waals surface area contributed by atoms with Crippen LogP contribution in [0.1, 0.15) is 10.4 Å². The minimum Gasteiger partial charge on any atom is -0.322 e. The van der Waals surface area contributed by atoms with E-state index in [1.807, 2.05) is 73.0 Å². The molecular weight excluding hydrogens is 360 g/mol. The van der Waals surface area contributed by atoms with E-state index in [1.54, 1.807) is 23.1 Å². The zero-order valence-electron chi connectivity index (χ0n) is 14.1. The lowest BCUT2D eigenvalue weighted by Crippen LogP contribution is -2.11. The third kappa shape index (κ3) is 3.49. The van der Waals surface area contributed by atoms with Gasteiger partial charge in [0.25, 0.3) is 5.91 Å². The number of aromatic nitrogens is 1. The number of rotatable bonds is 4. The summed E-state index contributed by atoms with van der Waals surface area (Å²) in [5, 5.41) is 3.93. The smallest absolute Gasteiger partial charge is 0.255 e. The Labute approximate surface area is 160 Å². The average molecular weight is 377 g/mol. The summed E-state index contributed by atoms with van der Waals surface area (Å²) in [5.41, 5.74) is 3.49. The van der Waals surface area contributed by atoms with Gasteiger partial charge in [-0.15, -0.1) is 23.1 Å². The van der Waals surface area contributed by atoms with Gasteiger partial charge in [-0.25, -0.2) is 4.98 Å². The summed E-state index contributed by atoms with van der Waals surface area (Å²) in [6.45, 7) is 0. The second-order valence-corrected chi connectivity index (χ2v) is 7.66. The molecule has 0 saturated heterocycles. The van der Waals surface area contributed by atoms with Crippen molar-refractivity contribution in [3.05, 3.63) is 78.4 Å². The highest BCUT2D eigenvalue weighted by Gasteiger charge is 2.09. The molecule has 0 fully saturated rings. The predicted octanol–water partition coefficient (Wildman–Crippen LogP) is 5.94. The lowest BCUT2D eigenvalue weighted by molar-refractivity contribution is 0.102. The molecule has 5 heteroatoms. The summed E-state index contributed by atoms with van der Waals surface area (Å²) < 4.78 is 1.17. The standard InChI is InChI=1S/C21H16N2OS2/c1-25-17-6-4-5-15(13-17)20(24)22-16-11-9-14(10-12-16)21-23-18-7-2-3-8-19(18)26-21/h2-13H,1H3,(H,22,24). The third-order valence-electron chi connectivity index (χ3n) is 4.02. The normalized spacial score (nSPS) is 10.8. The Morgan fingerprint density at radius 2 is 1.81 bits per heavy atom. The van der Waals surface area contributed by atoms with E-state index < -0.39 is 0 Å². The van der Waals surface area contributed by atoms with Gasteiger partial charge in [0, 0.05) is 21.7 Å². The lowest BCUT2D eigenvalue weighted by atomic mass is 10.2. The van der Waals surface area contributed by atoms with Crippen molar-refractivity contribution in [2.45, 2.75) is 4.90 Å². The first-order valence-electron chi connectivity index (χ1n) is 8.14. The van der Waals surface area contributed by atoms with Crippen LogP contribution in [0.25, 0.3) is 20.8 Å². The fourth-order valence-corrected chi connectivity index (χ4v) is 4.09. The molecule has 0 aliphatic rings. The topological polar surface area (TPSA) is 42.0 Å². The minimum absolute atomic E-state index is 0.103. The molecule has 3 aromatic carbocycles. The molecule has 0 spiro atoms. The zero-order chi connectivity index (χ0) is 17.9. The Hall–Kier alpha value is -2.63. The molecule has 0 unspecified atom stereocenters. The Morgan fingerprint density at radius 1 is 1.00 bits per heavy atom. The van der Waals surface area contributed by atoms with Crippen molar-refractivity contribution in [1.82, 2.24) is 4.98 Å². The molecule has 1 N–H and O–H groups in total. The van der Waals surface area contributed by atoms with Gasteiger partial charge < -0.3 is 5.32 Å². The van der Waals surface area contributed by atoms with Gasteiger partial charge in [0.2, 0.25) is 0 Å². The fraction of sp³-hybridized carbons (Fsp3) is 0.0476. The van der Waals surface area contributed by atoms with Crippen molar-refractivity contribution >= 4 is 44.9 Å². The van der Waals surface area contributed by atoms with Crippen LogP contribution in [0.4, 0.5) is 5.69 Å². The number of thioether (sulfide) groups is 1. The number of benzene rings is 3. The molecule has 0 aliphatic heterocycles. The maximum atomic E-state index is 12.4. The Kier molecular flexibility index (Phi) is 4.73. The summed E-state index contributed by atoms with van der Waals surface area (Å²) in [7, 11) is 0. The molecule has 26 heavy (non-hydrogen) atoms. The molecule has 0 saturated carbocycles. The van der Waals surface area contributed by atoms with Crippen molar-refractivity contribution in [3.8, 4) is 10.6 Å². The van der Waals surface area contributed by atoms with Crippen LogP contribution in [0.15, 0.2) is 77.7 Å². The van der Waals surface area contributed by atoms with Crippen LogP contribution < -0.4 is 5.32 Å². The number of nitrogens with one attached hydrogen (secondary N) is 1. The first kappa shape index (κ1) is 16.8. The van der Waals surface area contributed by atoms with Crippen LogP contribution >= 0.6 is 23.1 Å². The van der Waals surface area contributed by atoms with Crippen LogP contribution in [0.5, 0.6) is 0 Å². The summed E-state index contributed by atoms with van der Waals surface area (Å²) >= 11 is 3.29. The molecule has 1 amide bonds. The van der Waals surface area contributed by atoms with Crippen molar-refractivity contribution < 1.29 is 4.79 Å².